The number of likely N-dealkylation sites (tertiary alicyclic amines) is 1. The summed E-state index contributed by atoms with van der Waals surface area (Å²) in [5.41, 5.74) is 1.38. The van der Waals surface area contributed by atoms with Gasteiger partial charge in [0.25, 0.3) is 0 Å². The van der Waals surface area contributed by atoms with Crippen LogP contribution in [0.3, 0.4) is 0 Å². The van der Waals surface area contributed by atoms with Gasteiger partial charge in [-0.1, -0.05) is 42.1 Å². The van der Waals surface area contributed by atoms with Gasteiger partial charge in [-0.15, -0.1) is 0 Å². The van der Waals surface area contributed by atoms with E-state index in [2.05, 4.69) is 50.5 Å². The zero-order valence-electron chi connectivity index (χ0n) is 16.6. The number of hydrogen-bond donors (Lipinski definition) is 1. The first kappa shape index (κ1) is 20.3. The van der Waals surface area contributed by atoms with E-state index in [4.69, 9.17) is 4.74 Å². The van der Waals surface area contributed by atoms with E-state index in [1.807, 2.05) is 0 Å². The highest BCUT2D eigenvalue weighted by atomic mass is 32.2. The van der Waals surface area contributed by atoms with Crippen molar-refractivity contribution in [1.29, 1.82) is 0 Å². The third-order valence-corrected chi connectivity index (χ3v) is 6.63. The number of thioether (sulfide) groups is 1. The van der Waals surface area contributed by atoms with E-state index in [-0.39, 0.29) is 17.6 Å². The Morgan fingerprint density at radius 1 is 1.14 bits per heavy atom. The first-order chi connectivity index (χ1) is 14.2. The molecule has 0 aliphatic carbocycles. The second kappa shape index (κ2) is 9.69. The van der Waals surface area contributed by atoms with Crippen LogP contribution in [0.25, 0.3) is 0 Å². The number of amides is 1. The fourth-order valence-corrected chi connectivity index (χ4v) is 4.77. The van der Waals surface area contributed by atoms with Gasteiger partial charge in [-0.25, -0.2) is 9.97 Å². The molecule has 1 N–H and O–H groups in total. The van der Waals surface area contributed by atoms with Gasteiger partial charge in [0.2, 0.25) is 5.91 Å². The summed E-state index contributed by atoms with van der Waals surface area (Å²) in [5.74, 6) is 0.334. The van der Waals surface area contributed by atoms with Crippen molar-refractivity contribution >= 4 is 17.7 Å². The number of ether oxygens (including phenoxy) is 1. The predicted molar refractivity (Wildman–Crippen MR) is 114 cm³/mol. The van der Waals surface area contributed by atoms with Crippen molar-refractivity contribution in [2.75, 3.05) is 25.4 Å². The molecule has 1 amide bonds. The highest BCUT2D eigenvalue weighted by Gasteiger charge is 2.42. The molecule has 2 aromatic rings. The normalized spacial score (nSPS) is 21.3. The molecule has 1 aromatic heterocycles. The van der Waals surface area contributed by atoms with Gasteiger partial charge in [-0.2, -0.15) is 0 Å². The number of nitrogens with one attached hydrogen (secondary N) is 1. The van der Waals surface area contributed by atoms with Gasteiger partial charge < -0.3 is 10.1 Å². The van der Waals surface area contributed by atoms with Crippen LogP contribution in [-0.4, -0.2) is 57.9 Å². The molecule has 1 aromatic carbocycles. The topological polar surface area (TPSA) is 67.4 Å². The smallest absolute Gasteiger partial charge is 0.230 e. The van der Waals surface area contributed by atoms with Crippen LogP contribution in [0.2, 0.25) is 0 Å². The van der Waals surface area contributed by atoms with Crippen molar-refractivity contribution < 1.29 is 9.53 Å². The highest BCUT2D eigenvalue weighted by molar-refractivity contribution is 7.99. The van der Waals surface area contributed by atoms with E-state index in [1.54, 1.807) is 18.5 Å². The molecule has 0 bridgehead atoms. The van der Waals surface area contributed by atoms with Crippen molar-refractivity contribution in [1.82, 2.24) is 20.2 Å². The van der Waals surface area contributed by atoms with Crippen molar-refractivity contribution in [2.24, 2.45) is 0 Å². The Morgan fingerprint density at radius 3 is 2.66 bits per heavy atom. The third kappa shape index (κ3) is 5.78. The van der Waals surface area contributed by atoms with Gasteiger partial charge in [0.1, 0.15) is 0 Å². The summed E-state index contributed by atoms with van der Waals surface area (Å²) in [6, 6.07) is 12.4. The molecule has 29 heavy (non-hydrogen) atoms. The van der Waals surface area contributed by atoms with Gasteiger partial charge >= 0.3 is 0 Å². The molecule has 3 heterocycles. The van der Waals surface area contributed by atoms with Crippen LogP contribution in [0.4, 0.5) is 0 Å². The van der Waals surface area contributed by atoms with Crippen molar-refractivity contribution in [3.05, 3.63) is 54.4 Å². The summed E-state index contributed by atoms with van der Waals surface area (Å²) in [4.78, 5) is 22.9. The highest BCUT2D eigenvalue weighted by Crippen LogP contribution is 2.39. The van der Waals surface area contributed by atoms with Gasteiger partial charge in [0.15, 0.2) is 5.16 Å². The lowest BCUT2D eigenvalue weighted by molar-refractivity contribution is -0.120. The lowest BCUT2D eigenvalue weighted by Gasteiger charge is -2.39. The molecular formula is C22H28N4O2S. The number of aromatic nitrogens is 2. The fourth-order valence-electron chi connectivity index (χ4n) is 4.14. The molecule has 1 atom stereocenters. The van der Waals surface area contributed by atoms with Crippen LogP contribution in [-0.2, 0) is 16.1 Å². The van der Waals surface area contributed by atoms with Crippen LogP contribution in [0.1, 0.15) is 31.2 Å². The number of rotatable bonds is 7. The Bertz CT molecular complexity index is 782. The van der Waals surface area contributed by atoms with E-state index < -0.39 is 0 Å². The van der Waals surface area contributed by atoms with Crippen molar-refractivity contribution in [2.45, 2.75) is 49.1 Å². The van der Waals surface area contributed by atoms with Crippen molar-refractivity contribution in [3.8, 4) is 0 Å². The Kier molecular flexibility index (Phi) is 6.79. The third-order valence-electron chi connectivity index (χ3n) is 5.76. The molecule has 2 aliphatic rings. The molecule has 0 unspecified atom stereocenters. The number of benzene rings is 1. The van der Waals surface area contributed by atoms with E-state index in [1.165, 1.54) is 17.3 Å². The Morgan fingerprint density at radius 2 is 1.90 bits per heavy atom. The largest absolute Gasteiger partial charge is 0.370 e. The maximum absolute atomic E-state index is 12.1. The van der Waals surface area contributed by atoms with Gasteiger partial charge in [-0.05, 0) is 37.3 Å². The van der Waals surface area contributed by atoms with Gasteiger partial charge in [0, 0.05) is 38.6 Å². The van der Waals surface area contributed by atoms with Crippen LogP contribution in [0.15, 0.2) is 53.9 Å². The molecule has 6 nitrogen and oxygen atoms in total. The van der Waals surface area contributed by atoms with E-state index in [0.29, 0.717) is 17.5 Å². The summed E-state index contributed by atoms with van der Waals surface area (Å²) in [5, 5.41) is 3.63. The second-order valence-electron chi connectivity index (χ2n) is 7.85. The summed E-state index contributed by atoms with van der Waals surface area (Å²) in [6.07, 6.45) is 7.76. The molecule has 2 saturated heterocycles. The molecule has 2 aliphatic heterocycles. The first-order valence-corrected chi connectivity index (χ1v) is 11.3. The number of nitrogens with zero attached hydrogens (tertiary/aromatic N) is 3. The summed E-state index contributed by atoms with van der Waals surface area (Å²) in [6.45, 7) is 3.74. The van der Waals surface area contributed by atoms with Crippen molar-refractivity contribution in [3.63, 3.8) is 0 Å². The van der Waals surface area contributed by atoms with E-state index in [0.717, 1.165) is 45.3 Å². The summed E-state index contributed by atoms with van der Waals surface area (Å²) >= 11 is 1.35. The Balaban J connectivity index is 1.16. The zero-order chi connectivity index (χ0) is 19.9. The quantitative estimate of drug-likeness (QED) is 0.557. The predicted octanol–water partition coefficient (Wildman–Crippen LogP) is 2.90. The molecule has 1 spiro atoms. The molecule has 0 saturated carbocycles. The molecular weight excluding hydrogens is 384 g/mol. The second-order valence-corrected chi connectivity index (χ2v) is 8.79. The number of hydrogen-bond acceptors (Lipinski definition) is 6. The SMILES string of the molecule is O=C(CSc1ncccn1)NC[C@H]1CCC2(CCN(Cc3ccccc3)CC2)O1. The van der Waals surface area contributed by atoms with Crippen LogP contribution < -0.4 is 5.32 Å². The van der Waals surface area contributed by atoms with E-state index in [9.17, 15) is 4.79 Å². The number of carbonyl (C=O) groups excluding carboxylic acids is 1. The summed E-state index contributed by atoms with van der Waals surface area (Å²) < 4.78 is 6.43. The van der Waals surface area contributed by atoms with Crippen LogP contribution in [0.5, 0.6) is 0 Å². The maximum atomic E-state index is 12.1. The fraction of sp³-hybridized carbons (Fsp3) is 0.500. The number of piperidine rings is 1. The minimum absolute atomic E-state index is 0.00434. The monoisotopic (exact) mass is 412 g/mol. The van der Waals surface area contributed by atoms with Gasteiger partial charge in [0.05, 0.1) is 17.5 Å². The molecule has 7 heteroatoms. The minimum atomic E-state index is 0.00434. The lowest BCUT2D eigenvalue weighted by atomic mass is 9.88. The lowest BCUT2D eigenvalue weighted by Crippen LogP contribution is -2.45. The average molecular weight is 413 g/mol. The number of carbonyl (C=O) groups is 1. The maximum Gasteiger partial charge on any atom is 0.230 e. The Labute approximate surface area is 176 Å². The van der Waals surface area contributed by atoms with Crippen LogP contribution in [0, 0.1) is 0 Å². The summed E-state index contributed by atoms with van der Waals surface area (Å²) in [7, 11) is 0. The first-order valence-electron chi connectivity index (χ1n) is 10.3. The molecule has 4 rings (SSSR count). The van der Waals surface area contributed by atoms with Crippen LogP contribution >= 0.6 is 11.8 Å². The van der Waals surface area contributed by atoms with Gasteiger partial charge in [-0.3, -0.25) is 9.69 Å². The standard InChI is InChI=1S/C22H28N4O2S/c27-20(17-29-21-23-11-4-12-24-21)25-15-19-7-8-22(28-19)9-13-26(14-10-22)16-18-5-2-1-3-6-18/h1-6,11-12,19H,7-10,13-17H2,(H,25,27)/t19-/m1/s1. The minimum Gasteiger partial charge on any atom is -0.370 e. The molecule has 0 radical (unpaired) electrons. The average Bonchev–Trinajstić information content (AvgIpc) is 3.17. The zero-order valence-corrected chi connectivity index (χ0v) is 17.4. The Hall–Kier alpha value is -1.96. The molecule has 154 valence electrons. The molecule has 2 fully saturated rings. The van der Waals surface area contributed by atoms with E-state index >= 15 is 0 Å².